The van der Waals surface area contributed by atoms with Crippen LogP contribution < -0.4 is 0 Å². The number of aromatic nitrogens is 1. The topological polar surface area (TPSA) is 59.1 Å². The molecule has 4 nitrogen and oxygen atoms in total. The fourth-order valence-electron chi connectivity index (χ4n) is 0.749. The second-order valence-electron chi connectivity index (χ2n) is 2.52. The van der Waals surface area contributed by atoms with E-state index in [1.165, 1.54) is 5.38 Å². The lowest BCUT2D eigenvalue weighted by Crippen LogP contribution is -2.05. The molecule has 1 aromatic heterocycles. The molecule has 1 aromatic rings. The van der Waals surface area contributed by atoms with Crippen LogP contribution in [-0.2, 0) is 9.84 Å². The Bertz CT molecular complexity index is 285. The molecule has 0 bridgehead atoms. The van der Waals surface area contributed by atoms with Gasteiger partial charge in [0, 0.05) is 5.38 Å². The maximum atomic E-state index is 11.1. The molecule has 0 amide bonds. The maximum Gasteiger partial charge on any atom is 0.344 e. The number of unbranched alkanes of at least 4 members (excludes halogenated alkanes) is 1. The van der Waals surface area contributed by atoms with Gasteiger partial charge in [0.05, 0.1) is 6.61 Å². The second kappa shape index (κ2) is 4.81. The summed E-state index contributed by atoms with van der Waals surface area (Å²) >= 11 is 0.970. The van der Waals surface area contributed by atoms with Crippen LogP contribution in [0.15, 0.2) is 5.38 Å². The van der Waals surface area contributed by atoms with Crippen molar-refractivity contribution in [2.45, 2.75) is 19.8 Å². The lowest BCUT2D eigenvalue weighted by atomic mass is 10.3. The van der Waals surface area contributed by atoms with Gasteiger partial charge in [-0.2, -0.15) is 4.37 Å². The normalized spacial score (nSPS) is 9.92. The Morgan fingerprint density at radius 1 is 1.69 bits per heavy atom. The first-order valence-corrected chi connectivity index (χ1v) is 4.88. The Kier molecular flexibility index (Phi) is 3.70. The van der Waals surface area contributed by atoms with Gasteiger partial charge in [0.15, 0.2) is 0 Å². The zero-order chi connectivity index (χ0) is 9.68. The molecule has 0 aromatic carbocycles. The summed E-state index contributed by atoms with van der Waals surface area (Å²) in [6.07, 6.45) is 1.77. The van der Waals surface area contributed by atoms with Gasteiger partial charge in [-0.1, -0.05) is 13.3 Å². The summed E-state index contributed by atoms with van der Waals surface area (Å²) in [6, 6.07) is 0. The molecule has 0 unspecified atom stereocenters. The summed E-state index contributed by atoms with van der Waals surface area (Å²) in [4.78, 5) is 11.1. The van der Waals surface area contributed by atoms with E-state index in [2.05, 4.69) is 4.37 Å². The highest BCUT2D eigenvalue weighted by Gasteiger charge is 2.15. The number of hydrogen-bond donors (Lipinski definition) is 0. The molecule has 0 fully saturated rings. The molecule has 0 N–H and O–H groups in total. The summed E-state index contributed by atoms with van der Waals surface area (Å²) in [5.74, 6) is -1.06. The average Bonchev–Trinajstić information content (AvgIpc) is 2.52. The minimum Gasteiger partial charge on any atom is -0.462 e. The predicted octanol–water partition coefficient (Wildman–Crippen LogP) is 2.24. The molecule has 5 heteroatoms. The quantitative estimate of drug-likeness (QED) is 0.553. The zero-order valence-electron chi connectivity index (χ0n) is 7.28. The molecule has 1 heterocycles. The van der Waals surface area contributed by atoms with Crippen molar-refractivity contribution >= 4 is 17.5 Å². The van der Waals surface area contributed by atoms with Gasteiger partial charge in [-0.05, 0) is 18.0 Å². The van der Waals surface area contributed by atoms with E-state index >= 15 is 0 Å². The van der Waals surface area contributed by atoms with Gasteiger partial charge in [0.1, 0.15) is 5.56 Å². The lowest BCUT2D eigenvalue weighted by Gasteiger charge is -2.00. The van der Waals surface area contributed by atoms with Crippen LogP contribution in [0.4, 0.5) is 0 Å². The zero-order valence-corrected chi connectivity index (χ0v) is 8.10. The summed E-state index contributed by atoms with van der Waals surface area (Å²) in [7, 11) is 0. The minimum absolute atomic E-state index is 0.0427. The van der Waals surface area contributed by atoms with Crippen molar-refractivity contribution in [2.24, 2.45) is 0 Å². The van der Waals surface area contributed by atoms with Gasteiger partial charge in [-0.25, -0.2) is 4.79 Å². The van der Waals surface area contributed by atoms with Crippen LogP contribution in [-0.4, -0.2) is 16.9 Å². The number of rotatable bonds is 4. The van der Waals surface area contributed by atoms with E-state index in [0.29, 0.717) is 6.61 Å². The highest BCUT2D eigenvalue weighted by Crippen LogP contribution is 2.18. The molecule has 1 rings (SSSR count). The van der Waals surface area contributed by atoms with Gasteiger partial charge in [0.2, 0.25) is 0 Å². The second-order valence-corrected chi connectivity index (χ2v) is 3.15. The number of hydrogen-bond acceptors (Lipinski definition) is 4. The van der Waals surface area contributed by atoms with Crippen LogP contribution in [0.1, 0.15) is 30.1 Å². The number of ether oxygens (including phenoxy) is 1. The molecule has 0 saturated carbocycles. The van der Waals surface area contributed by atoms with E-state index in [4.69, 9.17) is 4.74 Å². The standard InChI is InChI=1S/C8H10NO3S/c1-2-3-4-12-8(11)6-5-13-9-7(6)10/h5H,2-4H2,1H3. The minimum atomic E-state index is -0.563. The fourth-order valence-corrected chi connectivity index (χ4v) is 1.30. The number of carbonyl (C=O) groups excluding carboxylic acids is 1. The van der Waals surface area contributed by atoms with Crippen molar-refractivity contribution < 1.29 is 14.6 Å². The molecular formula is C8H10NO3S. The van der Waals surface area contributed by atoms with E-state index in [-0.39, 0.29) is 5.56 Å². The third kappa shape index (κ3) is 2.69. The first kappa shape index (κ1) is 9.98. The molecule has 13 heavy (non-hydrogen) atoms. The summed E-state index contributed by atoms with van der Waals surface area (Å²) in [5, 5.41) is 12.3. The Labute approximate surface area is 80.3 Å². The Balaban J connectivity index is 2.45. The van der Waals surface area contributed by atoms with Crippen molar-refractivity contribution in [3.05, 3.63) is 10.9 Å². The van der Waals surface area contributed by atoms with Crippen molar-refractivity contribution in [3.63, 3.8) is 0 Å². The number of carbonyl (C=O) groups is 1. The van der Waals surface area contributed by atoms with Gasteiger partial charge >= 0.3 is 5.97 Å². The monoisotopic (exact) mass is 200 g/mol. The highest BCUT2D eigenvalue weighted by atomic mass is 32.1. The van der Waals surface area contributed by atoms with Crippen LogP contribution in [0.3, 0.4) is 0 Å². The average molecular weight is 200 g/mol. The molecule has 0 spiro atoms. The summed E-state index contributed by atoms with van der Waals surface area (Å²) < 4.78 is 8.29. The van der Waals surface area contributed by atoms with Crippen molar-refractivity contribution in [3.8, 4) is 5.88 Å². The fraction of sp³-hybridized carbons (Fsp3) is 0.500. The van der Waals surface area contributed by atoms with Crippen molar-refractivity contribution in [1.82, 2.24) is 4.37 Å². The smallest absolute Gasteiger partial charge is 0.344 e. The Morgan fingerprint density at radius 2 is 2.46 bits per heavy atom. The van der Waals surface area contributed by atoms with E-state index in [0.717, 1.165) is 24.4 Å². The lowest BCUT2D eigenvalue weighted by molar-refractivity contribution is 0.0494. The van der Waals surface area contributed by atoms with Gasteiger partial charge < -0.3 is 4.74 Å². The van der Waals surface area contributed by atoms with E-state index in [1.54, 1.807) is 0 Å². The predicted molar refractivity (Wildman–Crippen MR) is 47.4 cm³/mol. The summed E-state index contributed by atoms with van der Waals surface area (Å²) in [5.41, 5.74) is 0.0427. The molecule has 0 aliphatic heterocycles. The van der Waals surface area contributed by atoms with E-state index in [1.807, 2.05) is 6.92 Å². The van der Waals surface area contributed by atoms with Crippen LogP contribution in [0, 0.1) is 0 Å². The van der Waals surface area contributed by atoms with E-state index in [9.17, 15) is 9.90 Å². The van der Waals surface area contributed by atoms with Gasteiger partial charge in [-0.15, -0.1) is 0 Å². The Morgan fingerprint density at radius 3 is 3.00 bits per heavy atom. The maximum absolute atomic E-state index is 11.1. The van der Waals surface area contributed by atoms with Crippen LogP contribution in [0.2, 0.25) is 0 Å². The highest BCUT2D eigenvalue weighted by molar-refractivity contribution is 7.04. The van der Waals surface area contributed by atoms with Crippen LogP contribution in [0.25, 0.3) is 0 Å². The molecule has 71 valence electrons. The van der Waals surface area contributed by atoms with Crippen molar-refractivity contribution in [2.75, 3.05) is 6.61 Å². The number of esters is 1. The third-order valence-electron chi connectivity index (χ3n) is 1.49. The Hall–Kier alpha value is -1.10. The first-order valence-electron chi connectivity index (χ1n) is 4.04. The molecule has 0 aliphatic carbocycles. The van der Waals surface area contributed by atoms with Gasteiger partial charge in [-0.3, -0.25) is 5.11 Å². The van der Waals surface area contributed by atoms with E-state index < -0.39 is 11.8 Å². The third-order valence-corrected chi connectivity index (χ3v) is 2.10. The first-order chi connectivity index (χ1) is 6.25. The molecule has 0 aliphatic rings. The largest absolute Gasteiger partial charge is 0.462 e. The molecule has 0 atom stereocenters. The number of nitrogens with zero attached hydrogens (tertiary/aromatic N) is 1. The molecular weight excluding hydrogens is 190 g/mol. The molecule has 0 saturated heterocycles. The summed E-state index contributed by atoms with van der Waals surface area (Å²) in [6.45, 7) is 2.36. The van der Waals surface area contributed by atoms with Crippen LogP contribution >= 0.6 is 11.5 Å². The van der Waals surface area contributed by atoms with Crippen molar-refractivity contribution in [1.29, 1.82) is 0 Å². The van der Waals surface area contributed by atoms with Gasteiger partial charge in [0.25, 0.3) is 5.88 Å². The van der Waals surface area contributed by atoms with Crippen LogP contribution in [0.5, 0.6) is 5.88 Å². The molecule has 1 radical (unpaired) electrons. The SMILES string of the molecule is CCCCOC(=O)c1csnc1[O].